The fraction of sp³-hybridized carbons (Fsp3) is 0.615. The minimum absolute atomic E-state index is 0.206. The van der Waals surface area contributed by atoms with Crippen molar-refractivity contribution < 1.29 is 0 Å². The highest BCUT2D eigenvalue weighted by Gasteiger charge is 2.32. The predicted octanol–water partition coefficient (Wildman–Crippen LogP) is 2.97. The van der Waals surface area contributed by atoms with Gasteiger partial charge >= 0.3 is 0 Å². The van der Waals surface area contributed by atoms with Crippen LogP contribution in [0, 0.1) is 28.1 Å². The van der Waals surface area contributed by atoms with Crippen LogP contribution in [-0.2, 0) is 6.54 Å². The number of nitrogens with zero attached hydrogens (tertiary/aromatic N) is 4. The molecule has 18 heavy (non-hydrogen) atoms. The number of alkyl halides is 1. The number of hydrogen-bond donors (Lipinski definition) is 0. The number of rotatable bonds is 3. The van der Waals surface area contributed by atoms with Crippen LogP contribution in [0.3, 0.4) is 0 Å². The molecule has 5 heteroatoms. The van der Waals surface area contributed by atoms with Crippen LogP contribution in [-0.4, -0.2) is 14.9 Å². The third-order valence-electron chi connectivity index (χ3n) is 3.75. The second-order valence-electron chi connectivity index (χ2n) is 4.99. The first-order valence-corrected chi connectivity index (χ1v) is 7.28. The molecule has 1 saturated carbocycles. The Morgan fingerprint density at radius 2 is 2.00 bits per heavy atom. The van der Waals surface area contributed by atoms with E-state index in [1.165, 1.54) is 32.1 Å². The van der Waals surface area contributed by atoms with Crippen molar-refractivity contribution in [3.63, 3.8) is 0 Å². The van der Waals surface area contributed by atoms with Crippen molar-refractivity contribution in [1.82, 2.24) is 9.55 Å². The van der Waals surface area contributed by atoms with Gasteiger partial charge in [-0.1, -0.05) is 35.2 Å². The van der Waals surface area contributed by atoms with E-state index in [-0.39, 0.29) is 11.1 Å². The van der Waals surface area contributed by atoms with Crippen molar-refractivity contribution >= 4 is 15.9 Å². The summed E-state index contributed by atoms with van der Waals surface area (Å²) in [6.45, 7) is 0.774. The Morgan fingerprint density at radius 1 is 1.28 bits per heavy atom. The maximum atomic E-state index is 9.13. The molecule has 0 spiro atoms. The van der Waals surface area contributed by atoms with Gasteiger partial charge in [0.15, 0.2) is 11.4 Å². The number of aromatic nitrogens is 2. The summed E-state index contributed by atoms with van der Waals surface area (Å²) in [6, 6.07) is 4.06. The smallest absolute Gasteiger partial charge is 0.176 e. The Morgan fingerprint density at radius 3 is 2.56 bits per heavy atom. The SMILES string of the molecule is N#Cc1ncn(CC2(CBr)CCCCC2)c1C#N. The van der Waals surface area contributed by atoms with E-state index in [1.54, 1.807) is 6.33 Å². The van der Waals surface area contributed by atoms with Crippen LogP contribution in [0.15, 0.2) is 6.33 Å². The molecule has 1 aliphatic rings. The van der Waals surface area contributed by atoms with Gasteiger partial charge in [0, 0.05) is 11.9 Å². The molecule has 0 saturated heterocycles. The minimum Gasteiger partial charge on any atom is -0.321 e. The first kappa shape index (κ1) is 13.1. The second-order valence-corrected chi connectivity index (χ2v) is 5.55. The number of halogens is 1. The van der Waals surface area contributed by atoms with Gasteiger partial charge in [0.2, 0.25) is 0 Å². The van der Waals surface area contributed by atoms with Crippen LogP contribution < -0.4 is 0 Å². The normalized spacial score (nSPS) is 17.9. The van der Waals surface area contributed by atoms with E-state index >= 15 is 0 Å². The van der Waals surface area contributed by atoms with Gasteiger partial charge in [-0.15, -0.1) is 0 Å². The van der Waals surface area contributed by atoms with Crippen molar-refractivity contribution in [2.45, 2.75) is 38.6 Å². The van der Waals surface area contributed by atoms with Crippen molar-refractivity contribution in [2.24, 2.45) is 5.41 Å². The molecule has 1 fully saturated rings. The van der Waals surface area contributed by atoms with Crippen LogP contribution in [0.1, 0.15) is 43.5 Å². The first-order chi connectivity index (χ1) is 8.74. The van der Waals surface area contributed by atoms with Crippen molar-refractivity contribution in [1.29, 1.82) is 10.5 Å². The highest BCUT2D eigenvalue weighted by atomic mass is 79.9. The van der Waals surface area contributed by atoms with Crippen molar-refractivity contribution in [3.05, 3.63) is 17.7 Å². The fourth-order valence-electron chi connectivity index (χ4n) is 2.70. The van der Waals surface area contributed by atoms with Gasteiger partial charge in [-0.05, 0) is 18.3 Å². The van der Waals surface area contributed by atoms with Crippen LogP contribution in [0.5, 0.6) is 0 Å². The van der Waals surface area contributed by atoms with E-state index in [4.69, 9.17) is 10.5 Å². The maximum absolute atomic E-state index is 9.13. The Labute approximate surface area is 115 Å². The first-order valence-electron chi connectivity index (χ1n) is 6.16. The lowest BCUT2D eigenvalue weighted by molar-refractivity contribution is 0.190. The molecule has 1 aromatic rings. The summed E-state index contributed by atoms with van der Waals surface area (Å²) in [7, 11) is 0. The van der Waals surface area contributed by atoms with Gasteiger partial charge < -0.3 is 4.57 Å². The molecule has 0 unspecified atom stereocenters. The summed E-state index contributed by atoms with van der Waals surface area (Å²) in [5.74, 6) is 0. The van der Waals surface area contributed by atoms with Crippen molar-refractivity contribution in [2.75, 3.05) is 5.33 Å². The number of imidazole rings is 1. The number of hydrogen-bond acceptors (Lipinski definition) is 3. The van der Waals surface area contributed by atoms with Gasteiger partial charge in [-0.2, -0.15) is 10.5 Å². The second kappa shape index (κ2) is 5.54. The molecular weight excluding hydrogens is 292 g/mol. The summed E-state index contributed by atoms with van der Waals surface area (Å²) >= 11 is 3.61. The topological polar surface area (TPSA) is 65.4 Å². The van der Waals surface area contributed by atoms with Crippen LogP contribution >= 0.6 is 15.9 Å². The molecule has 0 aliphatic heterocycles. The molecule has 0 aromatic carbocycles. The lowest BCUT2D eigenvalue weighted by Gasteiger charge is -2.36. The molecule has 0 atom stereocenters. The van der Waals surface area contributed by atoms with E-state index in [1.807, 2.05) is 10.6 Å². The van der Waals surface area contributed by atoms with E-state index in [0.717, 1.165) is 11.9 Å². The third-order valence-corrected chi connectivity index (χ3v) is 4.94. The quantitative estimate of drug-likeness (QED) is 0.806. The molecule has 0 radical (unpaired) electrons. The summed E-state index contributed by atoms with van der Waals surface area (Å²) in [6.07, 6.45) is 7.75. The van der Waals surface area contributed by atoms with Crippen LogP contribution in [0.4, 0.5) is 0 Å². The highest BCUT2D eigenvalue weighted by molar-refractivity contribution is 9.09. The van der Waals surface area contributed by atoms with Gasteiger partial charge in [0.25, 0.3) is 0 Å². The summed E-state index contributed by atoms with van der Waals surface area (Å²) < 4.78 is 1.84. The Kier molecular flexibility index (Phi) is 4.04. The molecule has 1 heterocycles. The third kappa shape index (κ3) is 2.42. The lowest BCUT2D eigenvalue weighted by atomic mass is 9.75. The number of nitriles is 2. The molecule has 2 rings (SSSR count). The molecule has 1 aliphatic carbocycles. The zero-order valence-corrected chi connectivity index (χ0v) is 11.8. The highest BCUT2D eigenvalue weighted by Crippen LogP contribution is 2.39. The average molecular weight is 307 g/mol. The van der Waals surface area contributed by atoms with E-state index in [9.17, 15) is 0 Å². The molecule has 0 N–H and O–H groups in total. The van der Waals surface area contributed by atoms with Crippen molar-refractivity contribution in [3.8, 4) is 12.1 Å². The molecule has 0 amide bonds. The summed E-state index contributed by atoms with van der Waals surface area (Å²) in [5, 5.41) is 19.0. The standard InChI is InChI=1S/C13H15BrN4/c14-8-13(4-2-1-3-5-13)9-18-10-17-11(6-15)12(18)7-16/h10H,1-5,8-9H2. The van der Waals surface area contributed by atoms with E-state index in [2.05, 4.69) is 27.0 Å². The predicted molar refractivity (Wildman–Crippen MR) is 71.0 cm³/mol. The van der Waals surface area contributed by atoms with Gasteiger partial charge in [-0.3, -0.25) is 0 Å². The molecule has 94 valence electrons. The minimum atomic E-state index is 0.206. The van der Waals surface area contributed by atoms with E-state index in [0.29, 0.717) is 5.69 Å². The largest absolute Gasteiger partial charge is 0.321 e. The Bertz CT molecular complexity index is 500. The van der Waals surface area contributed by atoms with Crippen LogP contribution in [0.25, 0.3) is 0 Å². The average Bonchev–Trinajstić information content (AvgIpc) is 2.81. The lowest BCUT2D eigenvalue weighted by Crippen LogP contribution is -2.31. The Balaban J connectivity index is 2.25. The maximum Gasteiger partial charge on any atom is 0.176 e. The summed E-state index contributed by atoms with van der Waals surface area (Å²) in [5.41, 5.74) is 0.832. The summed E-state index contributed by atoms with van der Waals surface area (Å²) in [4.78, 5) is 4.00. The van der Waals surface area contributed by atoms with Gasteiger partial charge in [0.05, 0.1) is 6.33 Å². The van der Waals surface area contributed by atoms with E-state index < -0.39 is 0 Å². The molecule has 1 aromatic heterocycles. The van der Waals surface area contributed by atoms with Gasteiger partial charge in [-0.25, -0.2) is 4.98 Å². The molecular formula is C13H15BrN4. The zero-order valence-electron chi connectivity index (χ0n) is 10.2. The fourth-order valence-corrected chi connectivity index (χ4v) is 3.44. The van der Waals surface area contributed by atoms with Gasteiger partial charge in [0.1, 0.15) is 12.1 Å². The Hall–Kier alpha value is -1.33. The monoisotopic (exact) mass is 306 g/mol. The zero-order chi connectivity index (χ0) is 13.0. The molecule has 4 nitrogen and oxygen atoms in total. The van der Waals surface area contributed by atoms with Crippen LogP contribution in [0.2, 0.25) is 0 Å². The molecule has 0 bridgehead atoms.